The molecule has 106 valence electrons. The van der Waals surface area contributed by atoms with Crippen LogP contribution in [-0.4, -0.2) is 12.5 Å². The van der Waals surface area contributed by atoms with Crippen LogP contribution in [0.15, 0.2) is 53.9 Å². The third kappa shape index (κ3) is 3.38. The van der Waals surface area contributed by atoms with Gasteiger partial charge in [-0.3, -0.25) is 4.79 Å². The maximum atomic E-state index is 12.8. The number of anilines is 2. The largest absolute Gasteiger partial charge is 0.376 e. The molecule has 0 saturated heterocycles. The number of amides is 1. The molecule has 3 rings (SSSR count). The monoisotopic (exact) mass is 300 g/mol. The zero-order valence-corrected chi connectivity index (χ0v) is 11.9. The maximum absolute atomic E-state index is 12.8. The van der Waals surface area contributed by atoms with Gasteiger partial charge in [-0.05, 0) is 59.3 Å². The molecule has 0 saturated carbocycles. The molecular formula is C16H13FN2OS. The molecule has 0 aliphatic heterocycles. The Morgan fingerprint density at radius 1 is 1.05 bits per heavy atom. The Hall–Kier alpha value is -2.40. The highest BCUT2D eigenvalue weighted by atomic mass is 32.1. The Kier molecular flexibility index (Phi) is 3.83. The predicted octanol–water partition coefficient (Wildman–Crippen LogP) is 4.09. The van der Waals surface area contributed by atoms with Crippen molar-refractivity contribution < 1.29 is 9.18 Å². The highest BCUT2D eigenvalue weighted by molar-refractivity contribution is 7.17. The third-order valence-corrected chi connectivity index (χ3v) is 3.93. The van der Waals surface area contributed by atoms with E-state index in [1.807, 2.05) is 29.6 Å². The van der Waals surface area contributed by atoms with Crippen LogP contribution in [-0.2, 0) is 4.79 Å². The van der Waals surface area contributed by atoms with Gasteiger partial charge < -0.3 is 10.6 Å². The summed E-state index contributed by atoms with van der Waals surface area (Å²) < 4.78 is 14.0. The first-order chi connectivity index (χ1) is 10.2. The van der Waals surface area contributed by atoms with Crippen LogP contribution in [0.25, 0.3) is 10.1 Å². The van der Waals surface area contributed by atoms with Gasteiger partial charge in [0.25, 0.3) is 0 Å². The third-order valence-electron chi connectivity index (χ3n) is 3.03. The number of hydrogen-bond donors (Lipinski definition) is 2. The summed E-state index contributed by atoms with van der Waals surface area (Å²) in [7, 11) is 0. The van der Waals surface area contributed by atoms with Crippen molar-refractivity contribution >= 4 is 38.7 Å². The molecule has 5 heteroatoms. The number of carbonyl (C=O) groups excluding carboxylic acids is 1. The van der Waals surface area contributed by atoms with E-state index in [1.165, 1.54) is 29.0 Å². The van der Waals surface area contributed by atoms with Gasteiger partial charge in [-0.2, -0.15) is 0 Å². The molecule has 3 aromatic rings. The number of nitrogens with one attached hydrogen (secondary N) is 2. The van der Waals surface area contributed by atoms with Crippen LogP contribution in [0, 0.1) is 5.82 Å². The highest BCUT2D eigenvalue weighted by Crippen LogP contribution is 2.23. The molecule has 1 heterocycles. The van der Waals surface area contributed by atoms with Crippen molar-refractivity contribution in [3.05, 3.63) is 59.7 Å². The van der Waals surface area contributed by atoms with E-state index in [9.17, 15) is 9.18 Å². The molecular weight excluding hydrogens is 287 g/mol. The van der Waals surface area contributed by atoms with Crippen molar-refractivity contribution in [2.45, 2.75) is 0 Å². The maximum Gasteiger partial charge on any atom is 0.243 e. The lowest BCUT2D eigenvalue weighted by Gasteiger charge is -2.08. The van der Waals surface area contributed by atoms with Gasteiger partial charge >= 0.3 is 0 Å². The quantitative estimate of drug-likeness (QED) is 0.762. The Bertz CT molecular complexity index is 767. The predicted molar refractivity (Wildman–Crippen MR) is 85.3 cm³/mol. The minimum atomic E-state index is -0.324. The number of fused-ring (bicyclic) bond motifs is 1. The second-order valence-corrected chi connectivity index (χ2v) is 5.53. The van der Waals surface area contributed by atoms with E-state index in [1.54, 1.807) is 11.3 Å². The van der Waals surface area contributed by atoms with Crippen molar-refractivity contribution in [3.63, 3.8) is 0 Å². The van der Waals surface area contributed by atoms with Crippen molar-refractivity contribution in [2.75, 3.05) is 17.2 Å². The van der Waals surface area contributed by atoms with Crippen LogP contribution < -0.4 is 10.6 Å². The summed E-state index contributed by atoms with van der Waals surface area (Å²) in [6.45, 7) is 0.160. The number of halogens is 1. The molecule has 1 aromatic heterocycles. The Morgan fingerprint density at radius 2 is 1.81 bits per heavy atom. The first-order valence-corrected chi connectivity index (χ1v) is 7.35. The molecule has 21 heavy (non-hydrogen) atoms. The molecule has 0 fully saturated rings. The summed E-state index contributed by atoms with van der Waals surface area (Å²) in [5.74, 6) is -0.498. The summed E-state index contributed by atoms with van der Waals surface area (Å²) in [5, 5.41) is 8.98. The average Bonchev–Trinajstić information content (AvgIpc) is 2.95. The van der Waals surface area contributed by atoms with Gasteiger partial charge in [0, 0.05) is 16.1 Å². The van der Waals surface area contributed by atoms with Crippen molar-refractivity contribution in [1.82, 2.24) is 0 Å². The van der Waals surface area contributed by atoms with Gasteiger partial charge in [0.1, 0.15) is 5.82 Å². The van der Waals surface area contributed by atoms with Crippen molar-refractivity contribution in [1.29, 1.82) is 0 Å². The number of carbonyl (C=O) groups is 1. The van der Waals surface area contributed by atoms with E-state index in [0.29, 0.717) is 5.69 Å². The van der Waals surface area contributed by atoms with Crippen LogP contribution in [0.2, 0.25) is 0 Å². The smallest absolute Gasteiger partial charge is 0.243 e. The van der Waals surface area contributed by atoms with Crippen LogP contribution >= 0.6 is 11.3 Å². The lowest BCUT2D eigenvalue weighted by atomic mass is 10.2. The summed E-state index contributed by atoms with van der Waals surface area (Å²) in [5.41, 5.74) is 1.48. The summed E-state index contributed by atoms with van der Waals surface area (Å²) >= 11 is 1.69. The van der Waals surface area contributed by atoms with E-state index in [4.69, 9.17) is 0 Å². The number of rotatable bonds is 4. The van der Waals surface area contributed by atoms with E-state index < -0.39 is 0 Å². The second kappa shape index (κ2) is 5.93. The zero-order valence-electron chi connectivity index (χ0n) is 11.1. The molecule has 2 aromatic carbocycles. The molecule has 0 unspecified atom stereocenters. The summed E-state index contributed by atoms with van der Waals surface area (Å²) in [6.07, 6.45) is 0. The van der Waals surface area contributed by atoms with Gasteiger partial charge in [-0.1, -0.05) is 0 Å². The van der Waals surface area contributed by atoms with Crippen LogP contribution in [0.3, 0.4) is 0 Å². The molecule has 0 radical (unpaired) electrons. The Morgan fingerprint density at radius 3 is 2.62 bits per heavy atom. The van der Waals surface area contributed by atoms with Gasteiger partial charge in [0.15, 0.2) is 0 Å². The number of thiophene rings is 1. The minimum Gasteiger partial charge on any atom is -0.376 e. The van der Waals surface area contributed by atoms with E-state index >= 15 is 0 Å². The lowest BCUT2D eigenvalue weighted by Crippen LogP contribution is -2.21. The van der Waals surface area contributed by atoms with Gasteiger partial charge in [0.05, 0.1) is 6.54 Å². The fourth-order valence-electron chi connectivity index (χ4n) is 2.00. The SMILES string of the molecule is O=C(CNc1ccc2sccc2c1)Nc1ccc(F)cc1. The van der Waals surface area contributed by atoms with Crippen molar-refractivity contribution in [2.24, 2.45) is 0 Å². The Labute approximate surface area is 125 Å². The molecule has 2 N–H and O–H groups in total. The van der Waals surface area contributed by atoms with Gasteiger partial charge in [-0.15, -0.1) is 11.3 Å². The van der Waals surface area contributed by atoms with Gasteiger partial charge in [0.2, 0.25) is 5.91 Å². The van der Waals surface area contributed by atoms with Crippen LogP contribution in [0.1, 0.15) is 0 Å². The van der Waals surface area contributed by atoms with E-state index in [0.717, 1.165) is 11.1 Å². The number of hydrogen-bond acceptors (Lipinski definition) is 3. The summed E-state index contributed by atoms with van der Waals surface area (Å²) in [4.78, 5) is 11.8. The zero-order chi connectivity index (χ0) is 14.7. The molecule has 0 aliphatic rings. The fourth-order valence-corrected chi connectivity index (χ4v) is 2.77. The minimum absolute atomic E-state index is 0.160. The van der Waals surface area contributed by atoms with Gasteiger partial charge in [-0.25, -0.2) is 4.39 Å². The van der Waals surface area contributed by atoms with Crippen LogP contribution in [0.4, 0.5) is 15.8 Å². The standard InChI is InChI=1S/C16H13FN2OS/c17-12-1-3-13(4-2-12)19-16(20)10-18-14-5-6-15-11(9-14)7-8-21-15/h1-9,18H,10H2,(H,19,20). The average molecular weight is 300 g/mol. The molecule has 0 spiro atoms. The molecule has 3 nitrogen and oxygen atoms in total. The topological polar surface area (TPSA) is 41.1 Å². The van der Waals surface area contributed by atoms with E-state index in [-0.39, 0.29) is 18.3 Å². The molecule has 1 amide bonds. The number of benzene rings is 2. The van der Waals surface area contributed by atoms with Crippen LogP contribution in [0.5, 0.6) is 0 Å². The normalized spacial score (nSPS) is 10.5. The second-order valence-electron chi connectivity index (χ2n) is 4.58. The fraction of sp³-hybridized carbons (Fsp3) is 0.0625. The molecule has 0 bridgehead atoms. The van der Waals surface area contributed by atoms with Crippen molar-refractivity contribution in [3.8, 4) is 0 Å². The summed E-state index contributed by atoms with van der Waals surface area (Å²) in [6, 6.07) is 13.7. The molecule has 0 atom stereocenters. The lowest BCUT2D eigenvalue weighted by molar-refractivity contribution is -0.114. The highest BCUT2D eigenvalue weighted by Gasteiger charge is 2.03. The first-order valence-electron chi connectivity index (χ1n) is 6.47. The van der Waals surface area contributed by atoms with E-state index in [2.05, 4.69) is 10.6 Å². The molecule has 0 aliphatic carbocycles. The Balaban J connectivity index is 1.58. The first kappa shape index (κ1) is 13.6.